The van der Waals surface area contributed by atoms with Gasteiger partial charge in [0, 0.05) is 0 Å². The lowest BCUT2D eigenvalue weighted by Gasteiger charge is -2.12. The quantitative estimate of drug-likeness (QED) is 0.714. The highest BCUT2D eigenvalue weighted by Gasteiger charge is 2.29. The minimum absolute atomic E-state index is 0.0624. The zero-order valence-electron chi connectivity index (χ0n) is 15.9. The summed E-state index contributed by atoms with van der Waals surface area (Å²) < 4.78 is 33.0. The van der Waals surface area contributed by atoms with Crippen LogP contribution in [0.5, 0.6) is 17.2 Å². The van der Waals surface area contributed by atoms with Crippen molar-refractivity contribution < 1.29 is 27.8 Å². The molecule has 0 spiro atoms. The summed E-state index contributed by atoms with van der Waals surface area (Å²) in [6, 6.07) is 8.64. The van der Waals surface area contributed by atoms with Gasteiger partial charge in [-0.3, -0.25) is 4.79 Å². The van der Waals surface area contributed by atoms with Crippen LogP contribution in [0.25, 0.3) is 6.08 Å². The van der Waals surface area contributed by atoms with Crippen molar-refractivity contribution in [3.63, 3.8) is 0 Å². The van der Waals surface area contributed by atoms with Gasteiger partial charge < -0.3 is 14.6 Å². The first-order valence-corrected chi connectivity index (χ1v) is 9.90. The van der Waals surface area contributed by atoms with E-state index in [2.05, 4.69) is 5.10 Å². The Morgan fingerprint density at radius 3 is 2.14 bits per heavy atom. The molecule has 2 aromatic rings. The Morgan fingerprint density at radius 1 is 1.10 bits per heavy atom. The van der Waals surface area contributed by atoms with E-state index in [1.807, 2.05) is 0 Å². The fraction of sp³-hybridized carbons (Fsp3) is 0.158. The molecule has 0 saturated heterocycles. The molecule has 0 unspecified atom stereocenters. The smallest absolute Gasteiger partial charge is 0.280 e. The lowest BCUT2D eigenvalue weighted by atomic mass is 10.1. The van der Waals surface area contributed by atoms with Crippen LogP contribution in [0.1, 0.15) is 12.5 Å². The van der Waals surface area contributed by atoms with Crippen LogP contribution in [0.3, 0.4) is 0 Å². The van der Waals surface area contributed by atoms with E-state index in [9.17, 15) is 18.3 Å². The standard InChI is InChI=1S/C19H19N3O6S/c1-11-15(8-12-9-16(27-2)18(23)17(10-12)28-3)19(24)22(21-11)13-4-6-14(7-5-13)29(20,25)26/h4-10,23H,1-3H3,(H2,20,25,26). The number of sulfonamides is 1. The maximum Gasteiger partial charge on any atom is 0.280 e. The predicted octanol–water partition coefficient (Wildman–Crippen LogP) is 1.86. The maximum absolute atomic E-state index is 12.9. The molecule has 2 aromatic carbocycles. The van der Waals surface area contributed by atoms with Crippen molar-refractivity contribution in [3.8, 4) is 17.2 Å². The summed E-state index contributed by atoms with van der Waals surface area (Å²) in [6.07, 6.45) is 1.60. The number of phenolic OH excluding ortho intramolecular Hbond substituents is 1. The van der Waals surface area contributed by atoms with Crippen molar-refractivity contribution in [2.24, 2.45) is 10.2 Å². The third kappa shape index (κ3) is 3.93. The molecule has 9 nitrogen and oxygen atoms in total. The van der Waals surface area contributed by atoms with Gasteiger partial charge in [0.2, 0.25) is 15.8 Å². The van der Waals surface area contributed by atoms with Crippen LogP contribution in [-0.4, -0.2) is 39.4 Å². The number of phenols is 1. The average molecular weight is 417 g/mol. The molecule has 3 N–H and O–H groups in total. The highest BCUT2D eigenvalue weighted by atomic mass is 32.2. The molecule has 1 amide bonds. The van der Waals surface area contributed by atoms with Crippen molar-refractivity contribution in [1.82, 2.24) is 0 Å². The third-order valence-electron chi connectivity index (χ3n) is 4.29. The number of hydrazone groups is 1. The second kappa shape index (κ2) is 7.57. The van der Waals surface area contributed by atoms with Gasteiger partial charge in [-0.2, -0.15) is 10.1 Å². The van der Waals surface area contributed by atoms with Crippen molar-refractivity contribution in [3.05, 3.63) is 47.5 Å². The highest BCUT2D eigenvalue weighted by molar-refractivity contribution is 7.89. The number of benzene rings is 2. The number of nitrogens with two attached hydrogens (primary N) is 1. The summed E-state index contributed by atoms with van der Waals surface area (Å²) in [5, 5.41) is 20.5. The van der Waals surface area contributed by atoms with E-state index < -0.39 is 15.9 Å². The summed E-state index contributed by atoms with van der Waals surface area (Å²) in [4.78, 5) is 12.8. The fourth-order valence-corrected chi connectivity index (χ4v) is 3.32. The van der Waals surface area contributed by atoms with Crippen molar-refractivity contribution in [2.75, 3.05) is 19.2 Å². The monoisotopic (exact) mass is 417 g/mol. The minimum Gasteiger partial charge on any atom is -0.502 e. The first-order valence-electron chi connectivity index (χ1n) is 8.35. The molecule has 152 valence electrons. The Hall–Kier alpha value is -3.37. The number of primary sulfonamides is 1. The van der Waals surface area contributed by atoms with Crippen molar-refractivity contribution in [1.29, 1.82) is 0 Å². The van der Waals surface area contributed by atoms with Gasteiger partial charge in [0.05, 0.1) is 36.1 Å². The van der Waals surface area contributed by atoms with Crippen molar-refractivity contribution in [2.45, 2.75) is 11.8 Å². The molecule has 10 heteroatoms. The number of hydrogen-bond donors (Lipinski definition) is 2. The van der Waals surface area contributed by atoms with Gasteiger partial charge in [0.25, 0.3) is 5.91 Å². The topological polar surface area (TPSA) is 132 Å². The SMILES string of the molecule is COc1cc(C=C2C(=O)N(c3ccc(S(N)(=O)=O)cc3)N=C2C)cc(OC)c1O. The molecular formula is C19H19N3O6S. The Bertz CT molecular complexity index is 1110. The molecule has 1 aliphatic heterocycles. The van der Waals surface area contributed by atoms with Gasteiger partial charge in [-0.15, -0.1) is 0 Å². The fourth-order valence-electron chi connectivity index (χ4n) is 2.80. The second-order valence-electron chi connectivity index (χ2n) is 6.17. The zero-order valence-corrected chi connectivity index (χ0v) is 16.7. The van der Waals surface area contributed by atoms with Crippen molar-refractivity contribution >= 4 is 33.4 Å². The number of hydrogen-bond acceptors (Lipinski definition) is 7. The van der Waals surface area contributed by atoms with Gasteiger partial charge in [-0.1, -0.05) is 0 Å². The molecule has 3 rings (SSSR count). The predicted molar refractivity (Wildman–Crippen MR) is 108 cm³/mol. The molecule has 0 aromatic heterocycles. The molecule has 0 saturated carbocycles. The number of anilines is 1. The minimum atomic E-state index is -3.83. The summed E-state index contributed by atoms with van der Waals surface area (Å²) in [7, 11) is -1.01. The van der Waals surface area contributed by atoms with Crippen LogP contribution in [0.2, 0.25) is 0 Å². The first-order chi connectivity index (χ1) is 13.7. The number of nitrogens with zero attached hydrogens (tertiary/aromatic N) is 2. The van der Waals surface area contributed by atoms with Gasteiger partial charge in [0.1, 0.15) is 0 Å². The number of ether oxygens (including phenoxy) is 2. The third-order valence-corrected chi connectivity index (χ3v) is 5.21. The largest absolute Gasteiger partial charge is 0.502 e. The van der Waals surface area contributed by atoms with Crippen LogP contribution in [-0.2, 0) is 14.8 Å². The van der Waals surface area contributed by atoms with E-state index in [1.54, 1.807) is 25.1 Å². The van der Waals surface area contributed by atoms with Crippen LogP contribution < -0.4 is 19.6 Å². The average Bonchev–Trinajstić information content (AvgIpc) is 2.96. The summed E-state index contributed by atoms with van der Waals surface area (Å²) >= 11 is 0. The number of carbonyl (C=O) groups excluding carboxylic acids is 1. The Labute approximate surface area is 167 Å². The molecule has 0 aliphatic carbocycles. The normalized spacial score (nSPS) is 15.6. The lowest BCUT2D eigenvalue weighted by molar-refractivity contribution is -0.114. The molecule has 0 radical (unpaired) electrons. The number of aromatic hydroxyl groups is 1. The molecule has 0 atom stereocenters. The molecule has 1 heterocycles. The Kier molecular flexibility index (Phi) is 5.31. The molecule has 0 bridgehead atoms. The van der Waals surface area contributed by atoms with E-state index in [-0.39, 0.29) is 22.1 Å². The van der Waals surface area contributed by atoms with E-state index in [4.69, 9.17) is 14.6 Å². The van der Waals surface area contributed by atoms with Gasteiger partial charge >= 0.3 is 0 Å². The van der Waals surface area contributed by atoms with Gasteiger partial charge in [-0.05, 0) is 55.0 Å². The number of methoxy groups -OCH3 is 2. The number of amides is 1. The van der Waals surface area contributed by atoms with E-state index >= 15 is 0 Å². The summed E-state index contributed by atoms with van der Waals surface area (Å²) in [5.41, 5.74) is 1.76. The van der Waals surface area contributed by atoms with Gasteiger partial charge in [0.15, 0.2) is 11.5 Å². The van der Waals surface area contributed by atoms with Gasteiger partial charge in [-0.25, -0.2) is 13.6 Å². The number of carbonyl (C=O) groups is 1. The van der Waals surface area contributed by atoms with Crippen LogP contribution in [0.4, 0.5) is 5.69 Å². The Morgan fingerprint density at radius 2 is 1.66 bits per heavy atom. The van der Waals surface area contributed by atoms with E-state index in [0.717, 1.165) is 0 Å². The Balaban J connectivity index is 1.96. The van der Waals surface area contributed by atoms with Crippen LogP contribution in [0.15, 0.2) is 52.0 Å². The molecule has 0 fully saturated rings. The summed E-state index contributed by atoms with van der Waals surface area (Å²) in [5.74, 6) is -0.132. The highest BCUT2D eigenvalue weighted by Crippen LogP contribution is 2.38. The van der Waals surface area contributed by atoms with Crippen LogP contribution >= 0.6 is 0 Å². The number of rotatable bonds is 5. The summed E-state index contributed by atoms with van der Waals surface area (Å²) in [6.45, 7) is 1.68. The molecule has 29 heavy (non-hydrogen) atoms. The first kappa shape index (κ1) is 20.4. The lowest BCUT2D eigenvalue weighted by Crippen LogP contribution is -2.21. The maximum atomic E-state index is 12.9. The molecular weight excluding hydrogens is 398 g/mol. The van der Waals surface area contributed by atoms with E-state index in [1.165, 1.54) is 43.5 Å². The van der Waals surface area contributed by atoms with E-state index in [0.29, 0.717) is 22.5 Å². The second-order valence-corrected chi connectivity index (χ2v) is 7.73. The zero-order chi connectivity index (χ0) is 21.3. The van der Waals surface area contributed by atoms with Crippen LogP contribution in [0, 0.1) is 0 Å². The molecule has 1 aliphatic rings.